The van der Waals surface area contributed by atoms with Crippen molar-refractivity contribution in [3.8, 4) is 0 Å². The highest BCUT2D eigenvalue weighted by Gasteiger charge is 2.31. The van der Waals surface area contributed by atoms with Crippen molar-refractivity contribution in [3.05, 3.63) is 28.2 Å². The van der Waals surface area contributed by atoms with E-state index >= 15 is 0 Å². The Labute approximate surface area is 113 Å². The molecule has 0 heterocycles. The number of hydrogen-bond donors (Lipinski definition) is 1. The monoisotopic (exact) mass is 321 g/mol. The number of anilines is 1. The first-order valence-electron chi connectivity index (χ1n) is 6.10. The van der Waals surface area contributed by atoms with Crippen LogP contribution in [0.5, 0.6) is 0 Å². The number of hydrogen-bond acceptors (Lipinski definition) is 1. The Morgan fingerprint density at radius 2 is 1.78 bits per heavy atom. The first-order chi connectivity index (χ1) is 8.47. The SMILES string of the molecule is FC(F)(F)c1ccc(Br)c(NC2CCCCC2)c1. The predicted molar refractivity (Wildman–Crippen MR) is 69.6 cm³/mol. The molecule has 18 heavy (non-hydrogen) atoms. The lowest BCUT2D eigenvalue weighted by atomic mass is 9.95. The number of nitrogens with one attached hydrogen (secondary N) is 1. The minimum absolute atomic E-state index is 0.290. The third-order valence-electron chi connectivity index (χ3n) is 3.26. The topological polar surface area (TPSA) is 12.0 Å². The molecule has 100 valence electrons. The Hall–Kier alpha value is -0.710. The highest BCUT2D eigenvalue weighted by atomic mass is 79.9. The van der Waals surface area contributed by atoms with Crippen LogP contribution in [0.3, 0.4) is 0 Å². The van der Waals surface area contributed by atoms with Crippen LogP contribution in [0.2, 0.25) is 0 Å². The van der Waals surface area contributed by atoms with Gasteiger partial charge >= 0.3 is 6.18 Å². The van der Waals surface area contributed by atoms with E-state index in [0.717, 1.165) is 31.7 Å². The van der Waals surface area contributed by atoms with E-state index in [1.807, 2.05) is 0 Å². The summed E-state index contributed by atoms with van der Waals surface area (Å²) in [5.41, 5.74) is -0.0688. The van der Waals surface area contributed by atoms with Gasteiger partial charge in [0.2, 0.25) is 0 Å². The molecule has 1 saturated carbocycles. The largest absolute Gasteiger partial charge is 0.416 e. The van der Waals surface area contributed by atoms with Gasteiger partial charge in [-0.15, -0.1) is 0 Å². The number of rotatable bonds is 2. The van der Waals surface area contributed by atoms with Gasteiger partial charge in [-0.25, -0.2) is 0 Å². The van der Waals surface area contributed by atoms with Gasteiger partial charge in [0.15, 0.2) is 0 Å². The van der Waals surface area contributed by atoms with Crippen molar-refractivity contribution in [2.45, 2.75) is 44.3 Å². The maximum absolute atomic E-state index is 12.6. The lowest BCUT2D eigenvalue weighted by Gasteiger charge is -2.25. The minimum Gasteiger partial charge on any atom is -0.381 e. The molecule has 0 saturated heterocycles. The number of benzene rings is 1. The van der Waals surface area contributed by atoms with Crippen molar-refractivity contribution in [2.24, 2.45) is 0 Å². The van der Waals surface area contributed by atoms with Gasteiger partial charge in [0, 0.05) is 16.2 Å². The second-order valence-corrected chi connectivity index (χ2v) is 5.53. The van der Waals surface area contributed by atoms with Crippen molar-refractivity contribution in [3.63, 3.8) is 0 Å². The van der Waals surface area contributed by atoms with E-state index in [1.54, 1.807) is 0 Å². The molecular weight excluding hydrogens is 307 g/mol. The third-order valence-corrected chi connectivity index (χ3v) is 3.95. The van der Waals surface area contributed by atoms with Gasteiger partial charge in [-0.2, -0.15) is 13.2 Å². The zero-order chi connectivity index (χ0) is 13.2. The van der Waals surface area contributed by atoms with Crippen LogP contribution in [0.1, 0.15) is 37.7 Å². The molecule has 0 spiro atoms. The zero-order valence-corrected chi connectivity index (χ0v) is 11.4. The first kappa shape index (κ1) is 13.7. The Balaban J connectivity index is 2.15. The third kappa shape index (κ3) is 3.40. The molecule has 0 aromatic heterocycles. The summed E-state index contributed by atoms with van der Waals surface area (Å²) in [5, 5.41) is 3.21. The van der Waals surface area contributed by atoms with Gasteiger partial charge in [0.05, 0.1) is 5.56 Å². The molecule has 1 aromatic carbocycles. The second-order valence-electron chi connectivity index (χ2n) is 4.67. The molecule has 0 amide bonds. The first-order valence-corrected chi connectivity index (χ1v) is 6.89. The Morgan fingerprint density at radius 1 is 1.11 bits per heavy atom. The minimum atomic E-state index is -4.29. The lowest BCUT2D eigenvalue weighted by molar-refractivity contribution is -0.137. The van der Waals surface area contributed by atoms with Crippen LogP contribution in [-0.4, -0.2) is 6.04 Å². The molecule has 1 aromatic rings. The van der Waals surface area contributed by atoms with Crippen LogP contribution >= 0.6 is 15.9 Å². The smallest absolute Gasteiger partial charge is 0.381 e. The van der Waals surface area contributed by atoms with Crippen LogP contribution in [0.25, 0.3) is 0 Å². The standard InChI is InChI=1S/C13H15BrF3N/c14-11-7-6-9(13(15,16)17)8-12(11)18-10-4-2-1-3-5-10/h6-8,10,18H,1-5H2. The average molecular weight is 322 g/mol. The summed E-state index contributed by atoms with van der Waals surface area (Å²) in [4.78, 5) is 0. The maximum Gasteiger partial charge on any atom is 0.416 e. The summed E-state index contributed by atoms with van der Waals surface area (Å²) < 4.78 is 38.6. The Morgan fingerprint density at radius 3 is 2.39 bits per heavy atom. The second kappa shape index (κ2) is 5.51. The van der Waals surface area contributed by atoms with Crippen molar-refractivity contribution >= 4 is 21.6 Å². The van der Waals surface area contributed by atoms with Gasteiger partial charge in [0.25, 0.3) is 0 Å². The number of halogens is 4. The van der Waals surface area contributed by atoms with Crippen LogP contribution in [0, 0.1) is 0 Å². The molecule has 1 aliphatic rings. The molecule has 0 unspecified atom stereocenters. The van der Waals surface area contributed by atoms with Gasteiger partial charge in [0.1, 0.15) is 0 Å². The normalized spacial score (nSPS) is 17.8. The average Bonchev–Trinajstić information content (AvgIpc) is 2.32. The molecule has 1 nitrogen and oxygen atoms in total. The molecule has 1 fully saturated rings. The van der Waals surface area contributed by atoms with Crippen molar-refractivity contribution in [1.29, 1.82) is 0 Å². The molecule has 0 radical (unpaired) electrons. The van der Waals surface area contributed by atoms with Crippen LogP contribution in [0.15, 0.2) is 22.7 Å². The van der Waals surface area contributed by atoms with Gasteiger partial charge in [-0.05, 0) is 47.0 Å². The molecule has 0 atom stereocenters. The van der Waals surface area contributed by atoms with Crippen molar-refractivity contribution < 1.29 is 13.2 Å². The van der Waals surface area contributed by atoms with E-state index in [1.165, 1.54) is 18.6 Å². The highest BCUT2D eigenvalue weighted by molar-refractivity contribution is 9.10. The van der Waals surface area contributed by atoms with Gasteiger partial charge < -0.3 is 5.32 Å². The van der Waals surface area contributed by atoms with E-state index in [2.05, 4.69) is 21.2 Å². The van der Waals surface area contributed by atoms with Gasteiger partial charge in [-0.1, -0.05) is 19.3 Å². The summed E-state index contributed by atoms with van der Waals surface area (Å²) >= 11 is 3.29. The molecule has 0 bridgehead atoms. The summed E-state index contributed by atoms with van der Waals surface area (Å²) in [6.07, 6.45) is 1.29. The maximum atomic E-state index is 12.6. The molecule has 5 heteroatoms. The summed E-state index contributed by atoms with van der Waals surface area (Å²) in [5.74, 6) is 0. The van der Waals surface area contributed by atoms with Gasteiger partial charge in [-0.3, -0.25) is 0 Å². The fraction of sp³-hybridized carbons (Fsp3) is 0.538. The van der Waals surface area contributed by atoms with E-state index in [4.69, 9.17) is 0 Å². The molecule has 1 N–H and O–H groups in total. The van der Waals surface area contributed by atoms with Crippen LogP contribution in [0.4, 0.5) is 18.9 Å². The molecular formula is C13H15BrF3N. The lowest BCUT2D eigenvalue weighted by Crippen LogP contribution is -2.22. The van der Waals surface area contributed by atoms with Crippen molar-refractivity contribution in [2.75, 3.05) is 5.32 Å². The summed E-state index contributed by atoms with van der Waals surface area (Å²) in [6.45, 7) is 0. The Bertz CT molecular complexity index is 411. The highest BCUT2D eigenvalue weighted by Crippen LogP contribution is 2.35. The quantitative estimate of drug-likeness (QED) is 0.788. The predicted octanol–water partition coefficient (Wildman–Crippen LogP) is 5.21. The summed E-state index contributed by atoms with van der Waals surface area (Å²) in [6, 6.07) is 4.02. The number of alkyl halides is 3. The molecule has 0 aliphatic heterocycles. The van der Waals surface area contributed by atoms with Crippen LogP contribution in [-0.2, 0) is 6.18 Å². The van der Waals surface area contributed by atoms with E-state index < -0.39 is 11.7 Å². The van der Waals surface area contributed by atoms with Crippen molar-refractivity contribution in [1.82, 2.24) is 0 Å². The summed E-state index contributed by atoms with van der Waals surface area (Å²) in [7, 11) is 0. The zero-order valence-electron chi connectivity index (χ0n) is 9.86. The fourth-order valence-corrected chi connectivity index (χ4v) is 2.64. The fourth-order valence-electron chi connectivity index (χ4n) is 2.28. The van der Waals surface area contributed by atoms with E-state index in [9.17, 15) is 13.2 Å². The van der Waals surface area contributed by atoms with E-state index in [0.29, 0.717) is 16.2 Å². The van der Waals surface area contributed by atoms with E-state index in [-0.39, 0.29) is 0 Å². The Kier molecular flexibility index (Phi) is 4.20. The molecule has 1 aliphatic carbocycles. The molecule has 2 rings (SSSR count). The van der Waals surface area contributed by atoms with Crippen LogP contribution < -0.4 is 5.32 Å².